The number of esters is 1. The molecular formula is C14H17NO4. The van der Waals surface area contributed by atoms with Crippen molar-refractivity contribution in [1.29, 1.82) is 0 Å². The van der Waals surface area contributed by atoms with E-state index >= 15 is 0 Å². The van der Waals surface area contributed by atoms with Gasteiger partial charge in [0.2, 0.25) is 5.91 Å². The highest BCUT2D eigenvalue weighted by molar-refractivity contribution is 5.85. The number of amides is 1. The third-order valence-electron chi connectivity index (χ3n) is 2.88. The zero-order chi connectivity index (χ0) is 13.7. The van der Waals surface area contributed by atoms with Crippen molar-refractivity contribution in [1.82, 2.24) is 5.32 Å². The van der Waals surface area contributed by atoms with E-state index in [1.54, 1.807) is 12.1 Å². The Labute approximate surface area is 111 Å². The van der Waals surface area contributed by atoms with Crippen LogP contribution in [0.2, 0.25) is 0 Å². The Kier molecular flexibility index (Phi) is 4.52. The number of carbonyl (C=O) groups is 2. The van der Waals surface area contributed by atoms with Crippen molar-refractivity contribution in [3.05, 3.63) is 29.8 Å². The van der Waals surface area contributed by atoms with E-state index in [0.717, 1.165) is 12.0 Å². The standard InChI is InChI=1S/C14H17NO4/c1-10-4-6-11(7-5-10)19-13(16)9-15-14(17)12-3-2-8-18-12/h4-7,12H,2-3,8-9H2,1H3,(H,15,17). The van der Waals surface area contributed by atoms with Crippen molar-refractivity contribution in [2.24, 2.45) is 0 Å². The summed E-state index contributed by atoms with van der Waals surface area (Å²) in [6.07, 6.45) is 1.16. The summed E-state index contributed by atoms with van der Waals surface area (Å²) in [5.74, 6) is -0.268. The van der Waals surface area contributed by atoms with E-state index in [4.69, 9.17) is 9.47 Å². The predicted octanol–water partition coefficient (Wildman–Crippen LogP) is 1.20. The monoisotopic (exact) mass is 263 g/mol. The Morgan fingerprint density at radius 3 is 2.74 bits per heavy atom. The number of ether oxygens (including phenoxy) is 2. The van der Waals surface area contributed by atoms with E-state index in [0.29, 0.717) is 18.8 Å². The maximum atomic E-state index is 11.6. The van der Waals surface area contributed by atoms with Gasteiger partial charge in [0.05, 0.1) is 0 Å². The van der Waals surface area contributed by atoms with Gasteiger partial charge < -0.3 is 14.8 Å². The highest BCUT2D eigenvalue weighted by Gasteiger charge is 2.23. The summed E-state index contributed by atoms with van der Waals surface area (Å²) < 4.78 is 10.3. The average molecular weight is 263 g/mol. The molecule has 1 aliphatic heterocycles. The van der Waals surface area contributed by atoms with Crippen LogP contribution in [0.3, 0.4) is 0 Å². The summed E-state index contributed by atoms with van der Waals surface area (Å²) in [6, 6.07) is 7.14. The molecule has 0 bridgehead atoms. The molecule has 102 valence electrons. The molecule has 1 heterocycles. The number of nitrogens with one attached hydrogen (secondary N) is 1. The Balaban J connectivity index is 1.75. The maximum Gasteiger partial charge on any atom is 0.330 e. The molecule has 1 unspecified atom stereocenters. The first-order chi connectivity index (χ1) is 9.15. The van der Waals surface area contributed by atoms with E-state index < -0.39 is 12.1 Å². The van der Waals surface area contributed by atoms with Gasteiger partial charge in [0.1, 0.15) is 18.4 Å². The molecule has 0 radical (unpaired) electrons. The second kappa shape index (κ2) is 6.33. The fourth-order valence-corrected chi connectivity index (χ4v) is 1.83. The van der Waals surface area contributed by atoms with Crippen molar-refractivity contribution >= 4 is 11.9 Å². The number of hydrogen-bond donors (Lipinski definition) is 1. The predicted molar refractivity (Wildman–Crippen MR) is 68.8 cm³/mol. The van der Waals surface area contributed by atoms with Gasteiger partial charge in [-0.1, -0.05) is 17.7 Å². The quantitative estimate of drug-likeness (QED) is 0.654. The van der Waals surface area contributed by atoms with Gasteiger partial charge in [-0.05, 0) is 31.9 Å². The summed E-state index contributed by atoms with van der Waals surface area (Å²) in [5, 5.41) is 2.52. The highest BCUT2D eigenvalue weighted by Crippen LogP contribution is 2.12. The number of benzene rings is 1. The maximum absolute atomic E-state index is 11.6. The van der Waals surface area contributed by atoms with Crippen molar-refractivity contribution in [3.8, 4) is 5.75 Å². The van der Waals surface area contributed by atoms with Gasteiger partial charge in [0, 0.05) is 6.61 Å². The second-order valence-corrected chi connectivity index (χ2v) is 4.51. The summed E-state index contributed by atoms with van der Waals surface area (Å²) in [4.78, 5) is 23.1. The van der Waals surface area contributed by atoms with Crippen LogP contribution >= 0.6 is 0 Å². The zero-order valence-electron chi connectivity index (χ0n) is 10.8. The van der Waals surface area contributed by atoms with E-state index in [-0.39, 0.29) is 12.5 Å². The molecule has 1 N–H and O–H groups in total. The molecule has 1 amide bonds. The van der Waals surface area contributed by atoms with Crippen LogP contribution in [-0.4, -0.2) is 31.1 Å². The highest BCUT2D eigenvalue weighted by atomic mass is 16.5. The molecule has 1 aromatic rings. The molecule has 1 fully saturated rings. The molecule has 0 aromatic heterocycles. The lowest BCUT2D eigenvalue weighted by molar-refractivity contribution is -0.137. The van der Waals surface area contributed by atoms with E-state index in [2.05, 4.69) is 5.32 Å². The number of hydrogen-bond acceptors (Lipinski definition) is 4. The minimum atomic E-state index is -0.491. The Morgan fingerprint density at radius 1 is 1.37 bits per heavy atom. The molecule has 1 aromatic carbocycles. The van der Waals surface area contributed by atoms with E-state index in [1.807, 2.05) is 19.1 Å². The molecule has 0 spiro atoms. The molecule has 1 aliphatic rings. The number of aryl methyl sites for hydroxylation is 1. The summed E-state index contributed by atoms with van der Waals surface area (Å²) >= 11 is 0. The van der Waals surface area contributed by atoms with Crippen LogP contribution in [0.25, 0.3) is 0 Å². The fraction of sp³-hybridized carbons (Fsp3) is 0.429. The van der Waals surface area contributed by atoms with Crippen molar-refractivity contribution in [2.45, 2.75) is 25.9 Å². The van der Waals surface area contributed by atoms with Gasteiger partial charge >= 0.3 is 5.97 Å². The van der Waals surface area contributed by atoms with Crippen LogP contribution in [-0.2, 0) is 14.3 Å². The molecule has 2 rings (SSSR count). The van der Waals surface area contributed by atoms with Gasteiger partial charge in [-0.25, -0.2) is 4.79 Å². The summed E-state index contributed by atoms with van der Waals surface area (Å²) in [6.45, 7) is 2.41. The molecule has 5 heteroatoms. The van der Waals surface area contributed by atoms with Gasteiger partial charge in [-0.3, -0.25) is 4.79 Å². The van der Waals surface area contributed by atoms with Gasteiger partial charge in [0.25, 0.3) is 0 Å². The number of rotatable bonds is 4. The zero-order valence-corrected chi connectivity index (χ0v) is 10.8. The van der Waals surface area contributed by atoms with Crippen LogP contribution in [0.5, 0.6) is 5.75 Å². The summed E-state index contributed by atoms with van der Waals surface area (Å²) in [5.41, 5.74) is 1.09. The Bertz CT molecular complexity index is 449. The third-order valence-corrected chi connectivity index (χ3v) is 2.88. The Hall–Kier alpha value is -1.88. The molecule has 0 aliphatic carbocycles. The lowest BCUT2D eigenvalue weighted by atomic mass is 10.2. The number of carbonyl (C=O) groups excluding carboxylic acids is 2. The van der Waals surface area contributed by atoms with Crippen molar-refractivity contribution in [2.75, 3.05) is 13.2 Å². The largest absolute Gasteiger partial charge is 0.425 e. The molecule has 0 saturated carbocycles. The molecular weight excluding hydrogens is 246 g/mol. The van der Waals surface area contributed by atoms with Crippen LogP contribution in [0.1, 0.15) is 18.4 Å². The minimum Gasteiger partial charge on any atom is -0.425 e. The van der Waals surface area contributed by atoms with Gasteiger partial charge in [0.15, 0.2) is 0 Å². The third kappa shape index (κ3) is 4.06. The van der Waals surface area contributed by atoms with Crippen LogP contribution < -0.4 is 10.1 Å². The molecule has 1 saturated heterocycles. The average Bonchev–Trinajstić information content (AvgIpc) is 2.93. The fourth-order valence-electron chi connectivity index (χ4n) is 1.83. The van der Waals surface area contributed by atoms with E-state index in [9.17, 15) is 9.59 Å². The van der Waals surface area contributed by atoms with Crippen molar-refractivity contribution in [3.63, 3.8) is 0 Å². The first-order valence-corrected chi connectivity index (χ1v) is 6.32. The van der Waals surface area contributed by atoms with Crippen LogP contribution in [0.15, 0.2) is 24.3 Å². The SMILES string of the molecule is Cc1ccc(OC(=O)CNC(=O)C2CCCO2)cc1. The van der Waals surface area contributed by atoms with Gasteiger partial charge in [-0.15, -0.1) is 0 Å². The Morgan fingerprint density at radius 2 is 2.11 bits per heavy atom. The second-order valence-electron chi connectivity index (χ2n) is 4.51. The van der Waals surface area contributed by atoms with Crippen molar-refractivity contribution < 1.29 is 19.1 Å². The summed E-state index contributed by atoms with van der Waals surface area (Å²) in [7, 11) is 0. The molecule has 1 atom stereocenters. The molecule has 19 heavy (non-hydrogen) atoms. The van der Waals surface area contributed by atoms with E-state index in [1.165, 1.54) is 0 Å². The van der Waals surface area contributed by atoms with Crippen LogP contribution in [0, 0.1) is 6.92 Å². The minimum absolute atomic E-state index is 0.146. The lowest BCUT2D eigenvalue weighted by Gasteiger charge is -2.10. The van der Waals surface area contributed by atoms with Gasteiger partial charge in [-0.2, -0.15) is 0 Å². The smallest absolute Gasteiger partial charge is 0.330 e. The lowest BCUT2D eigenvalue weighted by Crippen LogP contribution is -2.38. The topological polar surface area (TPSA) is 64.6 Å². The van der Waals surface area contributed by atoms with Crippen LogP contribution in [0.4, 0.5) is 0 Å². The molecule has 5 nitrogen and oxygen atoms in total. The normalized spacial score (nSPS) is 18.1. The first-order valence-electron chi connectivity index (χ1n) is 6.32. The first kappa shape index (κ1) is 13.5.